The third-order valence-electron chi connectivity index (χ3n) is 3.56. The monoisotopic (exact) mass is 351 g/mol. The fourth-order valence-electron chi connectivity index (χ4n) is 2.50. The number of para-hydroxylation sites is 1. The van der Waals surface area contributed by atoms with Crippen molar-refractivity contribution in [3.05, 3.63) is 71.9 Å². The molecule has 0 atom stereocenters. The molecule has 0 aliphatic heterocycles. The van der Waals surface area contributed by atoms with E-state index in [4.69, 9.17) is 0 Å². The van der Waals surface area contributed by atoms with Gasteiger partial charge in [0.05, 0.1) is 11.4 Å². The van der Waals surface area contributed by atoms with Gasteiger partial charge in [-0.2, -0.15) is 5.10 Å². The van der Waals surface area contributed by atoms with Crippen molar-refractivity contribution in [2.45, 2.75) is 30.9 Å². The molecular weight excluding hydrogens is 330 g/mol. The van der Waals surface area contributed by atoms with Gasteiger partial charge in [-0.1, -0.05) is 32.0 Å². The Bertz CT molecular complexity index is 854. The van der Waals surface area contributed by atoms with Gasteiger partial charge >= 0.3 is 0 Å². The first-order valence-corrected chi connectivity index (χ1v) is 9.11. The van der Waals surface area contributed by atoms with E-state index in [1.54, 1.807) is 16.4 Å². The van der Waals surface area contributed by atoms with Gasteiger partial charge in [0, 0.05) is 21.8 Å². The number of carbonyl (C=O) groups excluding carboxylic acids is 1. The lowest BCUT2D eigenvalue weighted by Crippen LogP contribution is -2.15. The molecule has 0 radical (unpaired) electrons. The van der Waals surface area contributed by atoms with Gasteiger partial charge in [0.1, 0.15) is 5.82 Å². The lowest BCUT2D eigenvalue weighted by atomic mass is 10.2. The molecule has 3 aromatic rings. The maximum absolute atomic E-state index is 12.6. The SMILES string of the molecule is Cc1cc(NC(=O)c2ccc(SC(C)C)cc2)n(-c2ccccc2)n1. The summed E-state index contributed by atoms with van der Waals surface area (Å²) in [6.07, 6.45) is 0. The minimum Gasteiger partial charge on any atom is -0.306 e. The molecule has 0 saturated carbocycles. The molecule has 0 saturated heterocycles. The summed E-state index contributed by atoms with van der Waals surface area (Å²) in [5.41, 5.74) is 2.39. The fourth-order valence-corrected chi connectivity index (χ4v) is 3.34. The topological polar surface area (TPSA) is 46.9 Å². The van der Waals surface area contributed by atoms with Crippen molar-refractivity contribution in [3.8, 4) is 5.69 Å². The molecule has 1 aromatic heterocycles. The molecule has 2 aromatic carbocycles. The van der Waals surface area contributed by atoms with Crippen LogP contribution in [0.15, 0.2) is 65.6 Å². The number of hydrogen-bond acceptors (Lipinski definition) is 3. The maximum atomic E-state index is 12.6. The zero-order chi connectivity index (χ0) is 17.8. The highest BCUT2D eigenvalue weighted by Gasteiger charge is 2.12. The lowest BCUT2D eigenvalue weighted by Gasteiger charge is -2.09. The zero-order valence-corrected chi connectivity index (χ0v) is 15.4. The van der Waals surface area contributed by atoms with Crippen LogP contribution in [0.2, 0.25) is 0 Å². The van der Waals surface area contributed by atoms with Crippen LogP contribution in [0.3, 0.4) is 0 Å². The minimum absolute atomic E-state index is 0.141. The van der Waals surface area contributed by atoms with Gasteiger partial charge in [-0.05, 0) is 43.3 Å². The second kappa shape index (κ2) is 7.57. The summed E-state index contributed by atoms with van der Waals surface area (Å²) in [5.74, 6) is 0.521. The highest BCUT2D eigenvalue weighted by molar-refractivity contribution is 7.99. The van der Waals surface area contributed by atoms with E-state index in [2.05, 4.69) is 24.3 Å². The summed E-state index contributed by atoms with van der Waals surface area (Å²) in [4.78, 5) is 13.7. The third kappa shape index (κ3) is 4.31. The smallest absolute Gasteiger partial charge is 0.256 e. The van der Waals surface area contributed by atoms with Crippen LogP contribution in [-0.2, 0) is 0 Å². The molecule has 0 unspecified atom stereocenters. The number of carbonyl (C=O) groups is 1. The van der Waals surface area contributed by atoms with Crippen molar-refractivity contribution in [1.29, 1.82) is 0 Å². The van der Waals surface area contributed by atoms with Gasteiger partial charge in [0.25, 0.3) is 5.91 Å². The van der Waals surface area contributed by atoms with Gasteiger partial charge in [-0.15, -0.1) is 11.8 Å². The molecular formula is C20H21N3OS. The fraction of sp³-hybridized carbons (Fsp3) is 0.200. The number of nitrogens with zero attached hydrogens (tertiary/aromatic N) is 2. The van der Waals surface area contributed by atoms with Gasteiger partial charge in [0.2, 0.25) is 0 Å². The van der Waals surface area contributed by atoms with E-state index in [1.807, 2.05) is 67.6 Å². The highest BCUT2D eigenvalue weighted by Crippen LogP contribution is 2.23. The molecule has 1 N–H and O–H groups in total. The van der Waals surface area contributed by atoms with Crippen LogP contribution in [0.25, 0.3) is 5.69 Å². The number of anilines is 1. The van der Waals surface area contributed by atoms with Crippen molar-refractivity contribution < 1.29 is 4.79 Å². The quantitative estimate of drug-likeness (QED) is 0.663. The molecule has 0 aliphatic carbocycles. The van der Waals surface area contributed by atoms with Crippen LogP contribution in [0.5, 0.6) is 0 Å². The van der Waals surface area contributed by atoms with Gasteiger partial charge in [-0.3, -0.25) is 4.79 Å². The van der Waals surface area contributed by atoms with Crippen LogP contribution in [0.1, 0.15) is 29.9 Å². The minimum atomic E-state index is -0.141. The predicted octanol–water partition coefficient (Wildman–Crippen LogP) is 4.93. The van der Waals surface area contributed by atoms with Crippen LogP contribution in [0.4, 0.5) is 5.82 Å². The van der Waals surface area contributed by atoms with E-state index < -0.39 is 0 Å². The summed E-state index contributed by atoms with van der Waals surface area (Å²) in [7, 11) is 0. The van der Waals surface area contributed by atoms with Gasteiger partial charge < -0.3 is 5.32 Å². The van der Waals surface area contributed by atoms with E-state index in [-0.39, 0.29) is 5.91 Å². The standard InChI is InChI=1S/C20H21N3OS/c1-14(2)25-18-11-9-16(10-12-18)20(24)21-19-13-15(3)22-23(19)17-7-5-4-6-8-17/h4-14H,1-3H3,(H,21,24). The Kier molecular flexibility index (Phi) is 5.24. The van der Waals surface area contributed by atoms with Crippen LogP contribution in [-0.4, -0.2) is 20.9 Å². The summed E-state index contributed by atoms with van der Waals surface area (Å²) in [6.45, 7) is 6.21. The first-order valence-electron chi connectivity index (χ1n) is 8.23. The number of nitrogens with one attached hydrogen (secondary N) is 1. The van der Waals surface area contributed by atoms with E-state index in [0.717, 1.165) is 16.3 Å². The van der Waals surface area contributed by atoms with Crippen molar-refractivity contribution in [1.82, 2.24) is 9.78 Å². The number of amides is 1. The molecule has 0 bridgehead atoms. The molecule has 128 valence electrons. The molecule has 3 rings (SSSR count). The Balaban J connectivity index is 1.80. The maximum Gasteiger partial charge on any atom is 0.256 e. The first kappa shape index (κ1) is 17.3. The highest BCUT2D eigenvalue weighted by atomic mass is 32.2. The van der Waals surface area contributed by atoms with Crippen molar-refractivity contribution in [2.75, 3.05) is 5.32 Å². The Morgan fingerprint density at radius 1 is 1.08 bits per heavy atom. The molecule has 4 nitrogen and oxygen atoms in total. The number of hydrogen-bond donors (Lipinski definition) is 1. The van der Waals surface area contributed by atoms with E-state index in [9.17, 15) is 4.79 Å². The van der Waals surface area contributed by atoms with Crippen molar-refractivity contribution in [2.24, 2.45) is 0 Å². The first-order chi connectivity index (χ1) is 12.0. The molecule has 0 fully saturated rings. The lowest BCUT2D eigenvalue weighted by molar-refractivity contribution is 0.102. The third-order valence-corrected chi connectivity index (χ3v) is 4.58. The van der Waals surface area contributed by atoms with Crippen molar-refractivity contribution >= 4 is 23.5 Å². The van der Waals surface area contributed by atoms with Crippen molar-refractivity contribution in [3.63, 3.8) is 0 Å². The Labute approximate surface area is 152 Å². The molecule has 1 amide bonds. The average Bonchev–Trinajstić information content (AvgIpc) is 2.96. The number of rotatable bonds is 5. The second-order valence-electron chi connectivity index (χ2n) is 6.06. The Morgan fingerprint density at radius 2 is 1.76 bits per heavy atom. The summed E-state index contributed by atoms with van der Waals surface area (Å²) in [6, 6.07) is 19.3. The largest absolute Gasteiger partial charge is 0.306 e. The molecule has 0 spiro atoms. The summed E-state index contributed by atoms with van der Waals surface area (Å²) < 4.78 is 1.75. The van der Waals surface area contributed by atoms with E-state index in [0.29, 0.717) is 16.6 Å². The molecule has 25 heavy (non-hydrogen) atoms. The summed E-state index contributed by atoms with van der Waals surface area (Å²) >= 11 is 1.78. The van der Waals surface area contributed by atoms with Crippen LogP contribution < -0.4 is 5.32 Å². The number of benzene rings is 2. The molecule has 1 heterocycles. The Morgan fingerprint density at radius 3 is 2.40 bits per heavy atom. The second-order valence-corrected chi connectivity index (χ2v) is 7.71. The number of thioether (sulfide) groups is 1. The Hall–Kier alpha value is -2.53. The normalized spacial score (nSPS) is 10.9. The predicted molar refractivity (Wildman–Crippen MR) is 104 cm³/mol. The van der Waals surface area contributed by atoms with Crippen LogP contribution >= 0.6 is 11.8 Å². The van der Waals surface area contributed by atoms with Gasteiger partial charge in [-0.25, -0.2) is 4.68 Å². The van der Waals surface area contributed by atoms with E-state index in [1.165, 1.54) is 0 Å². The summed E-state index contributed by atoms with van der Waals surface area (Å²) in [5, 5.41) is 7.95. The van der Waals surface area contributed by atoms with Gasteiger partial charge in [0.15, 0.2) is 0 Å². The average molecular weight is 351 g/mol. The van der Waals surface area contributed by atoms with Crippen LogP contribution in [0, 0.1) is 6.92 Å². The molecule has 5 heteroatoms. The number of aromatic nitrogens is 2. The number of aryl methyl sites for hydroxylation is 1. The zero-order valence-electron chi connectivity index (χ0n) is 14.6. The molecule has 0 aliphatic rings. The van der Waals surface area contributed by atoms with E-state index >= 15 is 0 Å².